The fraction of sp³-hybridized carbons (Fsp3) is 0.450. The van der Waals surface area contributed by atoms with E-state index in [0.717, 1.165) is 28.2 Å². The van der Waals surface area contributed by atoms with Crippen LogP contribution in [0.3, 0.4) is 0 Å². The number of carbonyl (C=O) groups excluding carboxylic acids is 1. The molecule has 14 heteroatoms. The molecule has 0 spiro atoms. The largest absolute Gasteiger partial charge is 0.370 e. The minimum Gasteiger partial charge on any atom is -0.370 e. The van der Waals surface area contributed by atoms with Gasteiger partial charge in [-0.15, -0.1) is 36.2 Å². The number of carbonyl (C=O) groups is 1. The Kier molecular flexibility index (Phi) is 11.7. The van der Waals surface area contributed by atoms with Crippen LogP contribution in [0.5, 0.6) is 0 Å². The summed E-state index contributed by atoms with van der Waals surface area (Å²) >= 11 is 1.47. The van der Waals surface area contributed by atoms with Crippen LogP contribution >= 0.6 is 36.2 Å². The number of aryl methyl sites for hydroxylation is 2. The lowest BCUT2D eigenvalue weighted by Crippen LogP contribution is -2.47. The molecule has 1 fully saturated rings. The number of hydrogen-bond acceptors (Lipinski definition) is 7. The van der Waals surface area contributed by atoms with E-state index in [1.807, 2.05) is 24.3 Å². The monoisotopic (exact) mass is 551 g/mol. The van der Waals surface area contributed by atoms with Gasteiger partial charge < -0.3 is 16.4 Å². The smallest absolute Gasteiger partial charge is 0.223 e. The Balaban J connectivity index is 0.00000289. The summed E-state index contributed by atoms with van der Waals surface area (Å²) in [5, 5.41) is 13.4. The SMILES string of the molecule is CC(=O)Nc1nc(CCc2ccc(NC(=N)N)cc2)c(CN2CCN(S(C)(=O)=O)CC2)s1.Cl.Cl. The van der Waals surface area contributed by atoms with Crippen LogP contribution in [0.1, 0.15) is 23.1 Å². The van der Waals surface area contributed by atoms with Crippen LogP contribution in [-0.4, -0.2) is 66.9 Å². The maximum absolute atomic E-state index is 11.7. The quantitative estimate of drug-likeness (QED) is 0.290. The van der Waals surface area contributed by atoms with E-state index in [2.05, 4.69) is 20.5 Å². The highest BCUT2D eigenvalue weighted by molar-refractivity contribution is 7.88. The molecule has 2 aromatic rings. The number of halogens is 2. The highest BCUT2D eigenvalue weighted by Crippen LogP contribution is 2.27. The highest BCUT2D eigenvalue weighted by Gasteiger charge is 2.24. The van der Waals surface area contributed by atoms with Crippen molar-refractivity contribution in [3.05, 3.63) is 40.4 Å². The van der Waals surface area contributed by atoms with Crippen LogP contribution in [0.2, 0.25) is 0 Å². The summed E-state index contributed by atoms with van der Waals surface area (Å²) in [5.41, 5.74) is 8.18. The molecule has 190 valence electrons. The molecule has 10 nitrogen and oxygen atoms in total. The Bertz CT molecular complexity index is 1070. The number of nitrogens with zero attached hydrogens (tertiary/aromatic N) is 3. The maximum Gasteiger partial charge on any atom is 0.223 e. The van der Waals surface area contributed by atoms with E-state index in [4.69, 9.17) is 11.1 Å². The lowest BCUT2D eigenvalue weighted by Gasteiger charge is -2.33. The summed E-state index contributed by atoms with van der Waals surface area (Å²) in [6.07, 6.45) is 2.74. The number of guanidine groups is 1. The van der Waals surface area contributed by atoms with Gasteiger partial charge in [0, 0.05) is 50.2 Å². The van der Waals surface area contributed by atoms with Gasteiger partial charge in [-0.25, -0.2) is 13.4 Å². The van der Waals surface area contributed by atoms with Gasteiger partial charge in [0.25, 0.3) is 0 Å². The molecule has 0 atom stereocenters. The highest BCUT2D eigenvalue weighted by atomic mass is 35.5. The first-order valence-corrected chi connectivity index (χ1v) is 12.9. The van der Waals surface area contributed by atoms with Crippen molar-refractivity contribution in [1.29, 1.82) is 5.41 Å². The lowest BCUT2D eigenvalue weighted by atomic mass is 10.1. The minimum absolute atomic E-state index is 0. The molecule has 1 saturated heterocycles. The van der Waals surface area contributed by atoms with E-state index >= 15 is 0 Å². The first kappa shape index (κ1) is 30.1. The zero-order chi connectivity index (χ0) is 23.3. The number of anilines is 2. The Morgan fingerprint density at radius 2 is 1.74 bits per heavy atom. The van der Waals surface area contributed by atoms with Gasteiger partial charge in [-0.1, -0.05) is 12.1 Å². The second kappa shape index (κ2) is 13.2. The second-order valence-electron chi connectivity index (χ2n) is 7.74. The third-order valence-electron chi connectivity index (χ3n) is 5.11. The van der Waals surface area contributed by atoms with Gasteiger partial charge in [-0.3, -0.25) is 15.1 Å². The van der Waals surface area contributed by atoms with Gasteiger partial charge >= 0.3 is 0 Å². The summed E-state index contributed by atoms with van der Waals surface area (Å²) in [5.74, 6) is -0.264. The van der Waals surface area contributed by atoms with E-state index in [1.165, 1.54) is 28.8 Å². The Hall–Kier alpha value is -1.96. The zero-order valence-electron chi connectivity index (χ0n) is 19.0. The van der Waals surface area contributed by atoms with Crippen molar-refractivity contribution in [3.63, 3.8) is 0 Å². The standard InChI is InChI=1S/C20H29N7O3S2.2ClH/c1-14(28)23-20-25-17(8-5-15-3-6-16(7-4-15)24-19(21)22)18(31-20)13-26-9-11-27(12-10-26)32(2,29)30;;/h3-4,6-7H,5,8-13H2,1-2H3,(H4,21,22,24)(H,23,25,28);2*1H. The maximum atomic E-state index is 11.7. The molecular formula is C20H31Cl2N7O3S2. The number of nitrogens with two attached hydrogens (primary N) is 1. The zero-order valence-corrected chi connectivity index (χ0v) is 22.3. The van der Waals surface area contributed by atoms with Crippen LogP contribution in [0.25, 0.3) is 0 Å². The molecule has 2 heterocycles. The molecule has 1 aliphatic rings. The first-order chi connectivity index (χ1) is 15.1. The van der Waals surface area contributed by atoms with Gasteiger partial charge in [0.2, 0.25) is 15.9 Å². The molecule has 0 unspecified atom stereocenters. The molecule has 1 aromatic heterocycles. The number of hydrogen-bond donors (Lipinski definition) is 4. The number of rotatable bonds is 8. The van der Waals surface area contributed by atoms with Crippen LogP contribution < -0.4 is 16.4 Å². The average Bonchev–Trinajstić information content (AvgIpc) is 3.07. The molecule has 5 N–H and O–H groups in total. The van der Waals surface area contributed by atoms with Crippen molar-refractivity contribution in [3.8, 4) is 0 Å². The molecule has 0 aliphatic carbocycles. The fourth-order valence-corrected chi connectivity index (χ4v) is 5.42. The second-order valence-corrected chi connectivity index (χ2v) is 10.8. The summed E-state index contributed by atoms with van der Waals surface area (Å²) < 4.78 is 25.0. The van der Waals surface area contributed by atoms with Crippen LogP contribution in [0, 0.1) is 5.41 Å². The molecule has 0 bridgehead atoms. The van der Waals surface area contributed by atoms with E-state index in [9.17, 15) is 13.2 Å². The lowest BCUT2D eigenvalue weighted by molar-refractivity contribution is -0.114. The van der Waals surface area contributed by atoms with Crippen molar-refractivity contribution >= 4 is 68.9 Å². The molecule has 3 rings (SSSR count). The predicted octanol–water partition coefficient (Wildman–Crippen LogP) is 2.11. The van der Waals surface area contributed by atoms with Crippen LogP contribution in [-0.2, 0) is 34.2 Å². The van der Waals surface area contributed by atoms with E-state index in [1.54, 1.807) is 0 Å². The minimum atomic E-state index is -3.16. The Morgan fingerprint density at radius 3 is 2.26 bits per heavy atom. The molecule has 0 saturated carbocycles. The number of sulfonamides is 1. The van der Waals surface area contributed by atoms with Crippen molar-refractivity contribution in [2.24, 2.45) is 5.73 Å². The number of amides is 1. The van der Waals surface area contributed by atoms with Gasteiger partial charge in [0.15, 0.2) is 11.1 Å². The van der Waals surface area contributed by atoms with Gasteiger partial charge in [-0.2, -0.15) is 4.31 Å². The molecule has 1 amide bonds. The third-order valence-corrected chi connectivity index (χ3v) is 7.41. The topological polar surface area (TPSA) is 145 Å². The Morgan fingerprint density at radius 1 is 1.12 bits per heavy atom. The van der Waals surface area contributed by atoms with Gasteiger partial charge in [-0.05, 0) is 30.5 Å². The van der Waals surface area contributed by atoms with Crippen molar-refractivity contribution in [1.82, 2.24) is 14.2 Å². The number of nitrogens with one attached hydrogen (secondary N) is 3. The number of aromatic nitrogens is 1. The van der Waals surface area contributed by atoms with Crippen molar-refractivity contribution in [2.75, 3.05) is 43.1 Å². The van der Waals surface area contributed by atoms with Crippen molar-refractivity contribution < 1.29 is 13.2 Å². The summed E-state index contributed by atoms with van der Waals surface area (Å²) in [6.45, 7) is 4.40. The molecule has 0 radical (unpaired) electrons. The van der Waals surface area contributed by atoms with Crippen LogP contribution in [0.4, 0.5) is 10.8 Å². The van der Waals surface area contributed by atoms with Crippen molar-refractivity contribution in [2.45, 2.75) is 26.3 Å². The van der Waals surface area contributed by atoms with Gasteiger partial charge in [0.1, 0.15) is 0 Å². The van der Waals surface area contributed by atoms with E-state index in [0.29, 0.717) is 44.3 Å². The average molecular weight is 553 g/mol. The number of thiazole rings is 1. The normalized spacial score (nSPS) is 14.5. The molecular weight excluding hydrogens is 521 g/mol. The van der Waals surface area contributed by atoms with E-state index in [-0.39, 0.29) is 36.7 Å². The summed E-state index contributed by atoms with van der Waals surface area (Å²) in [6, 6.07) is 7.72. The van der Waals surface area contributed by atoms with Crippen LogP contribution in [0.15, 0.2) is 24.3 Å². The third kappa shape index (κ3) is 9.01. The predicted molar refractivity (Wildman–Crippen MR) is 142 cm³/mol. The Labute approximate surface area is 216 Å². The summed E-state index contributed by atoms with van der Waals surface area (Å²) in [4.78, 5) is 19.4. The van der Waals surface area contributed by atoms with E-state index < -0.39 is 10.0 Å². The number of benzene rings is 1. The molecule has 34 heavy (non-hydrogen) atoms. The first-order valence-electron chi connectivity index (χ1n) is 10.2. The molecule has 1 aromatic carbocycles. The molecule has 1 aliphatic heterocycles. The number of piperazine rings is 1. The van der Waals surface area contributed by atoms with Gasteiger partial charge in [0.05, 0.1) is 11.9 Å². The fourth-order valence-electron chi connectivity index (χ4n) is 3.50. The summed E-state index contributed by atoms with van der Waals surface area (Å²) in [7, 11) is -3.16.